The minimum Gasteiger partial charge on any atom is -0.378 e. The predicted octanol–water partition coefficient (Wildman–Crippen LogP) is 4.67. The van der Waals surface area contributed by atoms with Crippen LogP contribution in [0.4, 0.5) is 23.0 Å². The number of rotatable bonds is 7. The second-order valence-corrected chi connectivity index (χ2v) is 8.72. The zero-order valence-electron chi connectivity index (χ0n) is 18.8. The summed E-state index contributed by atoms with van der Waals surface area (Å²) in [5, 5.41) is 3.64. The number of benzene rings is 2. The van der Waals surface area contributed by atoms with E-state index in [-0.39, 0.29) is 5.91 Å². The topological polar surface area (TPSA) is 70.6 Å². The molecule has 0 saturated carbocycles. The van der Waals surface area contributed by atoms with E-state index < -0.39 is 0 Å². The molecule has 1 fully saturated rings. The number of nitrogens with zero attached hydrogens (tertiary/aromatic N) is 4. The van der Waals surface area contributed by atoms with Crippen molar-refractivity contribution in [2.75, 3.05) is 48.5 Å². The normalized spacial score (nSPS) is 13.5. The van der Waals surface area contributed by atoms with E-state index in [9.17, 15) is 4.79 Å². The smallest absolute Gasteiger partial charge is 0.247 e. The van der Waals surface area contributed by atoms with E-state index in [1.165, 1.54) is 11.8 Å². The largest absolute Gasteiger partial charge is 0.378 e. The summed E-state index contributed by atoms with van der Waals surface area (Å²) < 4.78 is 5.44. The van der Waals surface area contributed by atoms with Crippen molar-refractivity contribution in [3.05, 3.63) is 72.9 Å². The van der Waals surface area contributed by atoms with Crippen LogP contribution in [0.2, 0.25) is 0 Å². The number of nitrogens with one attached hydrogen (secondary N) is 1. The number of amides is 1. The first kappa shape index (κ1) is 22.8. The zero-order valence-corrected chi connectivity index (χ0v) is 19.6. The molecule has 8 heteroatoms. The van der Waals surface area contributed by atoms with Gasteiger partial charge in [0.15, 0.2) is 0 Å². The van der Waals surface area contributed by atoms with Crippen LogP contribution in [0.3, 0.4) is 0 Å². The lowest BCUT2D eigenvalue weighted by atomic mass is 10.2. The Kier molecular flexibility index (Phi) is 7.26. The molecule has 1 aliphatic heterocycles. The number of carbonyl (C=O) groups is 1. The van der Waals surface area contributed by atoms with E-state index in [2.05, 4.69) is 46.0 Å². The molecule has 0 unspecified atom stereocenters. The molecule has 4 rings (SSSR count). The number of ether oxygens (including phenoxy) is 1. The van der Waals surface area contributed by atoms with E-state index in [0.717, 1.165) is 53.2 Å². The van der Waals surface area contributed by atoms with Gasteiger partial charge < -0.3 is 19.9 Å². The summed E-state index contributed by atoms with van der Waals surface area (Å²) in [7, 11) is 1.97. The van der Waals surface area contributed by atoms with Gasteiger partial charge in [0.05, 0.1) is 13.2 Å². The van der Waals surface area contributed by atoms with E-state index in [4.69, 9.17) is 9.72 Å². The standard InChI is InChI=1S/C25H27N5O2S/c1-4-23(31)27-19-5-11-22(12-6-19)33-24-18(2)17-26-25(28-24)29(3)20-7-9-21(10-8-20)30-13-15-32-16-14-30/h4-12,17H,1,13-16H2,2-3H3,(H,27,31). The molecule has 1 saturated heterocycles. The van der Waals surface area contributed by atoms with Gasteiger partial charge in [0.1, 0.15) is 5.03 Å². The van der Waals surface area contributed by atoms with Crippen LogP contribution in [0.5, 0.6) is 0 Å². The molecule has 0 bridgehead atoms. The lowest BCUT2D eigenvalue weighted by Crippen LogP contribution is -2.36. The van der Waals surface area contributed by atoms with Gasteiger partial charge in [-0.2, -0.15) is 0 Å². The van der Waals surface area contributed by atoms with Crippen molar-refractivity contribution in [2.24, 2.45) is 0 Å². The highest BCUT2D eigenvalue weighted by Gasteiger charge is 2.14. The van der Waals surface area contributed by atoms with Crippen LogP contribution in [0.15, 0.2) is 77.3 Å². The third-order valence-electron chi connectivity index (χ3n) is 5.35. The highest BCUT2D eigenvalue weighted by molar-refractivity contribution is 7.99. The SMILES string of the molecule is C=CC(=O)Nc1ccc(Sc2nc(N(C)c3ccc(N4CCOCC4)cc3)ncc2C)cc1. The van der Waals surface area contributed by atoms with Crippen LogP contribution < -0.4 is 15.1 Å². The molecule has 7 nitrogen and oxygen atoms in total. The number of hydrogen-bond donors (Lipinski definition) is 1. The molecule has 33 heavy (non-hydrogen) atoms. The molecular weight excluding hydrogens is 434 g/mol. The van der Waals surface area contributed by atoms with Gasteiger partial charge in [-0.25, -0.2) is 9.97 Å². The van der Waals surface area contributed by atoms with Gasteiger partial charge in [0.2, 0.25) is 11.9 Å². The fraction of sp³-hybridized carbons (Fsp3) is 0.240. The van der Waals surface area contributed by atoms with Gasteiger partial charge in [-0.3, -0.25) is 4.79 Å². The second-order valence-electron chi connectivity index (χ2n) is 7.65. The lowest BCUT2D eigenvalue weighted by molar-refractivity contribution is -0.111. The van der Waals surface area contributed by atoms with Gasteiger partial charge in [0, 0.05) is 53.9 Å². The third-order valence-corrected chi connectivity index (χ3v) is 6.46. The van der Waals surface area contributed by atoms with Crippen LogP contribution in [-0.4, -0.2) is 49.2 Å². The maximum Gasteiger partial charge on any atom is 0.247 e. The summed E-state index contributed by atoms with van der Waals surface area (Å²) in [6, 6.07) is 16.1. The summed E-state index contributed by atoms with van der Waals surface area (Å²) in [6.45, 7) is 8.84. The molecule has 2 heterocycles. The van der Waals surface area contributed by atoms with Crippen LogP contribution in [0, 0.1) is 6.92 Å². The zero-order chi connectivity index (χ0) is 23.2. The Morgan fingerprint density at radius 3 is 2.52 bits per heavy atom. The van der Waals surface area contributed by atoms with Gasteiger partial charge >= 0.3 is 0 Å². The summed E-state index contributed by atoms with van der Waals surface area (Å²) in [5.74, 6) is 0.407. The van der Waals surface area contributed by atoms with E-state index in [1.54, 1.807) is 11.8 Å². The molecule has 1 amide bonds. The Morgan fingerprint density at radius 1 is 1.15 bits per heavy atom. The number of carbonyl (C=O) groups excluding carboxylic acids is 1. The van der Waals surface area contributed by atoms with Crippen LogP contribution in [0.25, 0.3) is 0 Å². The Bertz CT molecular complexity index is 1110. The maximum absolute atomic E-state index is 11.5. The van der Waals surface area contributed by atoms with Crippen molar-refractivity contribution in [3.8, 4) is 0 Å². The molecule has 1 aromatic heterocycles. The molecule has 0 radical (unpaired) electrons. The summed E-state index contributed by atoms with van der Waals surface area (Å²) in [4.78, 5) is 26.2. The fourth-order valence-corrected chi connectivity index (χ4v) is 4.25. The molecule has 0 aliphatic carbocycles. The number of hydrogen-bond acceptors (Lipinski definition) is 7. The van der Waals surface area contributed by atoms with E-state index >= 15 is 0 Å². The minimum atomic E-state index is -0.229. The molecule has 1 aliphatic rings. The summed E-state index contributed by atoms with van der Waals surface area (Å²) in [6.07, 6.45) is 3.10. The summed E-state index contributed by atoms with van der Waals surface area (Å²) in [5.41, 5.74) is 3.95. The molecule has 2 aromatic carbocycles. The lowest BCUT2D eigenvalue weighted by Gasteiger charge is -2.29. The minimum absolute atomic E-state index is 0.229. The van der Waals surface area contributed by atoms with Crippen LogP contribution in [0.1, 0.15) is 5.56 Å². The van der Waals surface area contributed by atoms with Gasteiger partial charge in [-0.1, -0.05) is 18.3 Å². The van der Waals surface area contributed by atoms with Crippen LogP contribution >= 0.6 is 11.8 Å². The molecule has 1 N–H and O–H groups in total. The molecule has 170 valence electrons. The Morgan fingerprint density at radius 2 is 1.85 bits per heavy atom. The monoisotopic (exact) mass is 461 g/mol. The molecule has 0 spiro atoms. The van der Waals surface area contributed by atoms with Crippen molar-refractivity contribution in [1.29, 1.82) is 0 Å². The van der Waals surface area contributed by atoms with Gasteiger partial charge in [0.25, 0.3) is 0 Å². The number of anilines is 4. The molecular formula is C25H27N5O2S. The number of aromatic nitrogens is 2. The van der Waals surface area contributed by atoms with Crippen molar-refractivity contribution < 1.29 is 9.53 Å². The van der Waals surface area contributed by atoms with Gasteiger partial charge in [-0.15, -0.1) is 0 Å². The highest BCUT2D eigenvalue weighted by atomic mass is 32.2. The van der Waals surface area contributed by atoms with Crippen LogP contribution in [-0.2, 0) is 9.53 Å². The predicted molar refractivity (Wildman–Crippen MR) is 134 cm³/mol. The van der Waals surface area contributed by atoms with Crippen molar-refractivity contribution >= 4 is 40.7 Å². The van der Waals surface area contributed by atoms with Crippen molar-refractivity contribution in [2.45, 2.75) is 16.8 Å². The summed E-state index contributed by atoms with van der Waals surface area (Å²) >= 11 is 1.57. The quantitative estimate of drug-likeness (QED) is 0.405. The first-order valence-corrected chi connectivity index (χ1v) is 11.6. The van der Waals surface area contributed by atoms with E-state index in [1.807, 2.05) is 49.3 Å². The first-order chi connectivity index (χ1) is 16.0. The molecule has 0 atom stereocenters. The Hall–Kier alpha value is -3.36. The number of aryl methyl sites for hydroxylation is 1. The Labute approximate surface area is 198 Å². The number of morpholine rings is 1. The average molecular weight is 462 g/mol. The third kappa shape index (κ3) is 5.71. The van der Waals surface area contributed by atoms with Crippen molar-refractivity contribution in [1.82, 2.24) is 9.97 Å². The molecule has 3 aromatic rings. The maximum atomic E-state index is 11.5. The highest BCUT2D eigenvalue weighted by Crippen LogP contribution is 2.32. The van der Waals surface area contributed by atoms with Crippen molar-refractivity contribution in [3.63, 3.8) is 0 Å². The van der Waals surface area contributed by atoms with Gasteiger partial charge in [-0.05, 0) is 61.5 Å². The Balaban J connectivity index is 1.47. The second kappa shape index (κ2) is 10.5. The van der Waals surface area contributed by atoms with E-state index in [0.29, 0.717) is 5.95 Å². The first-order valence-electron chi connectivity index (χ1n) is 10.7. The average Bonchev–Trinajstić information content (AvgIpc) is 2.86. The fourth-order valence-electron chi connectivity index (χ4n) is 3.42.